The summed E-state index contributed by atoms with van der Waals surface area (Å²) in [6.45, 7) is 2.66. The van der Waals surface area contributed by atoms with E-state index < -0.39 is 36.4 Å². The molecule has 2 fully saturated rings. The van der Waals surface area contributed by atoms with Crippen LogP contribution in [0.15, 0.2) is 0 Å². The minimum absolute atomic E-state index is 0.149. The molecule has 0 spiro atoms. The van der Waals surface area contributed by atoms with E-state index in [1.807, 2.05) is 0 Å². The third-order valence-electron chi connectivity index (χ3n) is 5.87. The van der Waals surface area contributed by atoms with E-state index in [-0.39, 0.29) is 11.3 Å². The molecule has 5 N–H and O–H groups in total. The molecule has 5 atom stereocenters. The van der Waals surface area contributed by atoms with E-state index in [1.165, 1.54) is 0 Å². The molecule has 0 aromatic heterocycles. The molecule has 5 nitrogen and oxygen atoms in total. The van der Waals surface area contributed by atoms with Gasteiger partial charge in [-0.25, -0.2) is 0 Å². The monoisotopic (exact) mass is 288 g/mol. The Labute approximate surface area is 120 Å². The van der Waals surface area contributed by atoms with E-state index in [2.05, 4.69) is 6.92 Å². The minimum atomic E-state index is -1.69. The summed E-state index contributed by atoms with van der Waals surface area (Å²) < 4.78 is 0. The first-order valence-corrected chi connectivity index (χ1v) is 7.55. The average Bonchev–Trinajstić information content (AvgIpc) is 2.36. The van der Waals surface area contributed by atoms with Gasteiger partial charge in [-0.15, -0.1) is 0 Å². The summed E-state index contributed by atoms with van der Waals surface area (Å²) in [6.07, 6.45) is 2.91. The van der Waals surface area contributed by atoms with Crippen LogP contribution in [0.4, 0.5) is 0 Å². The topological polar surface area (TPSA) is 101 Å². The van der Waals surface area contributed by atoms with Gasteiger partial charge in [0.15, 0.2) is 0 Å². The second-order valence-corrected chi connectivity index (χ2v) is 7.40. The lowest BCUT2D eigenvalue weighted by molar-refractivity contribution is -0.219. The Kier molecular flexibility index (Phi) is 4.22. The molecule has 5 unspecified atom stereocenters. The van der Waals surface area contributed by atoms with E-state index in [4.69, 9.17) is 0 Å². The lowest BCUT2D eigenvalue weighted by Crippen LogP contribution is -2.63. The Morgan fingerprint density at radius 3 is 2.25 bits per heavy atom. The summed E-state index contributed by atoms with van der Waals surface area (Å²) in [6, 6.07) is 0. The fourth-order valence-corrected chi connectivity index (χ4v) is 4.73. The van der Waals surface area contributed by atoms with Crippen molar-refractivity contribution in [1.29, 1.82) is 0 Å². The van der Waals surface area contributed by atoms with Crippen LogP contribution in [0.1, 0.15) is 46.0 Å². The van der Waals surface area contributed by atoms with Crippen molar-refractivity contribution >= 4 is 0 Å². The summed E-state index contributed by atoms with van der Waals surface area (Å²) in [5.74, 6) is -0.952. The van der Waals surface area contributed by atoms with Gasteiger partial charge in [0, 0.05) is 11.8 Å². The summed E-state index contributed by atoms with van der Waals surface area (Å²) in [7, 11) is 0. The number of hydrogen-bond donors (Lipinski definition) is 5. The molecule has 2 aliphatic rings. The van der Waals surface area contributed by atoms with E-state index in [1.54, 1.807) is 6.92 Å². The third kappa shape index (κ3) is 2.40. The van der Waals surface area contributed by atoms with Crippen LogP contribution in [0.3, 0.4) is 0 Å². The van der Waals surface area contributed by atoms with Crippen LogP contribution >= 0.6 is 0 Å². The van der Waals surface area contributed by atoms with Crippen molar-refractivity contribution in [2.75, 3.05) is 13.2 Å². The molecule has 20 heavy (non-hydrogen) atoms. The summed E-state index contributed by atoms with van der Waals surface area (Å²) in [5, 5.41) is 50.4. The molecule has 0 aromatic carbocycles. The van der Waals surface area contributed by atoms with Crippen LogP contribution in [-0.2, 0) is 0 Å². The zero-order valence-electron chi connectivity index (χ0n) is 12.4. The van der Waals surface area contributed by atoms with Gasteiger partial charge in [0.05, 0.1) is 24.9 Å². The first-order valence-electron chi connectivity index (χ1n) is 7.55. The van der Waals surface area contributed by atoms with Gasteiger partial charge in [-0.3, -0.25) is 0 Å². The van der Waals surface area contributed by atoms with Gasteiger partial charge in [-0.05, 0) is 38.0 Å². The smallest absolute Gasteiger partial charge is 0.116 e. The molecule has 0 aliphatic heterocycles. The number of hydrogen-bond acceptors (Lipinski definition) is 5. The average molecular weight is 288 g/mol. The van der Waals surface area contributed by atoms with Crippen molar-refractivity contribution in [3.05, 3.63) is 0 Å². The predicted molar refractivity (Wildman–Crippen MR) is 73.9 cm³/mol. The van der Waals surface area contributed by atoms with Gasteiger partial charge < -0.3 is 25.5 Å². The lowest BCUT2D eigenvalue weighted by Gasteiger charge is -2.58. The molecule has 5 heteroatoms. The molecule has 0 saturated heterocycles. The van der Waals surface area contributed by atoms with Crippen molar-refractivity contribution < 1.29 is 25.5 Å². The van der Waals surface area contributed by atoms with Gasteiger partial charge in [-0.2, -0.15) is 0 Å². The molecular formula is C15H28O5. The zero-order chi connectivity index (χ0) is 15.2. The molecule has 0 aromatic rings. The van der Waals surface area contributed by atoms with Crippen molar-refractivity contribution in [2.45, 2.75) is 63.3 Å². The Morgan fingerprint density at radius 1 is 1.10 bits per heavy atom. The van der Waals surface area contributed by atoms with Gasteiger partial charge in [-0.1, -0.05) is 13.3 Å². The highest BCUT2D eigenvalue weighted by Crippen LogP contribution is 2.56. The van der Waals surface area contributed by atoms with E-state index in [0.29, 0.717) is 12.8 Å². The molecule has 0 heterocycles. The van der Waals surface area contributed by atoms with E-state index in [9.17, 15) is 25.5 Å². The van der Waals surface area contributed by atoms with Crippen molar-refractivity contribution in [1.82, 2.24) is 0 Å². The predicted octanol–water partition coefficient (Wildman–Crippen LogP) is 0.0304. The zero-order valence-corrected chi connectivity index (χ0v) is 12.4. The van der Waals surface area contributed by atoms with Gasteiger partial charge in [0.1, 0.15) is 5.60 Å². The Bertz CT molecular complexity index is 352. The number of rotatable bonds is 3. The maximum Gasteiger partial charge on any atom is 0.116 e. The van der Waals surface area contributed by atoms with Crippen molar-refractivity contribution in [3.63, 3.8) is 0 Å². The summed E-state index contributed by atoms with van der Waals surface area (Å²) in [4.78, 5) is 0. The molecule has 118 valence electrons. The fraction of sp³-hybridized carbons (Fsp3) is 1.00. The van der Waals surface area contributed by atoms with Gasteiger partial charge >= 0.3 is 0 Å². The van der Waals surface area contributed by atoms with Gasteiger partial charge in [0.25, 0.3) is 0 Å². The summed E-state index contributed by atoms with van der Waals surface area (Å²) >= 11 is 0. The second kappa shape index (κ2) is 5.21. The molecule has 0 radical (unpaired) electrons. The molecule has 0 amide bonds. The molecule has 2 rings (SSSR count). The van der Waals surface area contributed by atoms with Gasteiger partial charge in [0.2, 0.25) is 0 Å². The Hall–Kier alpha value is -0.200. The Balaban J connectivity index is 2.32. The SMILES string of the molecule is CC1(O)CCCC2(C)CCC(C(O)(CO)CO)C(O)C12. The highest BCUT2D eigenvalue weighted by Gasteiger charge is 2.58. The van der Waals surface area contributed by atoms with E-state index in [0.717, 1.165) is 19.3 Å². The highest BCUT2D eigenvalue weighted by atomic mass is 16.4. The molecular weight excluding hydrogens is 260 g/mol. The van der Waals surface area contributed by atoms with Crippen LogP contribution in [0.25, 0.3) is 0 Å². The fourth-order valence-electron chi connectivity index (χ4n) is 4.73. The molecule has 2 aliphatic carbocycles. The maximum atomic E-state index is 10.7. The van der Waals surface area contributed by atoms with Crippen molar-refractivity contribution in [2.24, 2.45) is 17.3 Å². The first kappa shape index (κ1) is 16.2. The van der Waals surface area contributed by atoms with Crippen LogP contribution in [0.2, 0.25) is 0 Å². The Morgan fingerprint density at radius 2 is 1.70 bits per heavy atom. The quantitative estimate of drug-likeness (QED) is 0.504. The highest BCUT2D eigenvalue weighted by molar-refractivity contribution is 5.08. The van der Waals surface area contributed by atoms with Crippen LogP contribution in [-0.4, -0.2) is 56.1 Å². The normalized spacial score (nSPS) is 46.0. The number of aliphatic hydroxyl groups is 5. The third-order valence-corrected chi connectivity index (χ3v) is 5.87. The second-order valence-electron chi connectivity index (χ2n) is 7.40. The van der Waals surface area contributed by atoms with Crippen LogP contribution in [0.5, 0.6) is 0 Å². The number of fused-ring (bicyclic) bond motifs is 1. The van der Waals surface area contributed by atoms with Crippen molar-refractivity contribution in [3.8, 4) is 0 Å². The van der Waals surface area contributed by atoms with Crippen LogP contribution < -0.4 is 0 Å². The molecule has 2 saturated carbocycles. The lowest BCUT2D eigenvalue weighted by atomic mass is 9.51. The first-order chi connectivity index (χ1) is 9.20. The van der Waals surface area contributed by atoms with Crippen LogP contribution in [0, 0.1) is 17.3 Å². The molecule has 0 bridgehead atoms. The summed E-state index contributed by atoms with van der Waals surface area (Å²) in [5.41, 5.74) is -2.81. The maximum absolute atomic E-state index is 10.7. The largest absolute Gasteiger partial charge is 0.393 e. The number of aliphatic hydroxyl groups excluding tert-OH is 3. The van der Waals surface area contributed by atoms with E-state index >= 15 is 0 Å². The standard InChI is InChI=1S/C15H28O5/c1-13-5-3-6-14(2,19)12(13)11(18)10(4-7-13)15(20,8-16)9-17/h10-12,16-20H,3-9H2,1-2H3. The minimum Gasteiger partial charge on any atom is -0.393 e.